The van der Waals surface area contributed by atoms with Crippen LogP contribution < -0.4 is 16.0 Å². The number of hydrogen-bond acceptors (Lipinski definition) is 3. The lowest BCUT2D eigenvalue weighted by Gasteiger charge is -2.17. The first-order chi connectivity index (χ1) is 11.3. The molecule has 118 valence electrons. The van der Waals surface area contributed by atoms with Crippen LogP contribution in [0.25, 0.3) is 10.8 Å². The van der Waals surface area contributed by atoms with Crippen LogP contribution in [0.5, 0.6) is 5.75 Å². The average molecular weight is 306 g/mol. The molecule has 23 heavy (non-hydrogen) atoms. The van der Waals surface area contributed by atoms with Gasteiger partial charge in [0.2, 0.25) is 0 Å². The van der Waals surface area contributed by atoms with Crippen molar-refractivity contribution in [3.05, 3.63) is 77.9 Å². The zero-order chi connectivity index (χ0) is 16.1. The van der Waals surface area contributed by atoms with E-state index in [4.69, 9.17) is 10.6 Å². The maximum absolute atomic E-state index is 5.79. The Kier molecular flexibility index (Phi) is 4.91. The summed E-state index contributed by atoms with van der Waals surface area (Å²) in [7, 11) is 1.70. The Labute approximate surface area is 137 Å². The van der Waals surface area contributed by atoms with E-state index in [1.54, 1.807) is 7.11 Å². The quantitative estimate of drug-likeness (QED) is 0.541. The molecule has 0 saturated heterocycles. The normalized spacial score (nSPS) is 12.3. The third kappa shape index (κ3) is 3.70. The topological polar surface area (TPSA) is 47.3 Å². The molecule has 3 aromatic rings. The highest BCUT2D eigenvalue weighted by Crippen LogP contribution is 2.25. The summed E-state index contributed by atoms with van der Waals surface area (Å²) in [6, 6.07) is 23.2. The van der Waals surface area contributed by atoms with Crippen LogP contribution >= 0.6 is 0 Å². The van der Waals surface area contributed by atoms with Crippen molar-refractivity contribution >= 4 is 10.8 Å². The molecule has 1 unspecified atom stereocenters. The summed E-state index contributed by atoms with van der Waals surface area (Å²) < 4.78 is 5.36. The average Bonchev–Trinajstić information content (AvgIpc) is 2.62. The Bertz CT molecular complexity index is 771. The monoisotopic (exact) mass is 306 g/mol. The summed E-state index contributed by atoms with van der Waals surface area (Å²) in [5.41, 5.74) is 5.52. The SMILES string of the molecule is COc1ccc2cccc(CC(Cc3ccccc3)NN)c2c1. The molecule has 3 N–H and O–H groups in total. The van der Waals surface area contributed by atoms with Gasteiger partial charge >= 0.3 is 0 Å². The van der Waals surface area contributed by atoms with Crippen LogP contribution in [0.4, 0.5) is 0 Å². The van der Waals surface area contributed by atoms with E-state index < -0.39 is 0 Å². The smallest absolute Gasteiger partial charge is 0.119 e. The molecule has 0 fully saturated rings. The molecule has 0 radical (unpaired) electrons. The van der Waals surface area contributed by atoms with Crippen LogP contribution in [0.2, 0.25) is 0 Å². The van der Waals surface area contributed by atoms with Crippen molar-refractivity contribution in [3.63, 3.8) is 0 Å². The molecule has 1 atom stereocenters. The zero-order valence-corrected chi connectivity index (χ0v) is 13.3. The maximum atomic E-state index is 5.79. The largest absolute Gasteiger partial charge is 0.497 e. The standard InChI is InChI=1S/C20H22N2O/c1-23-19-11-10-16-8-5-9-17(20(16)14-19)13-18(22-21)12-15-6-3-2-4-7-15/h2-11,14,18,22H,12-13,21H2,1H3. The summed E-state index contributed by atoms with van der Waals surface area (Å²) in [5, 5.41) is 2.44. The predicted molar refractivity (Wildman–Crippen MR) is 95.5 cm³/mol. The highest BCUT2D eigenvalue weighted by Gasteiger charge is 2.11. The van der Waals surface area contributed by atoms with E-state index in [9.17, 15) is 0 Å². The van der Waals surface area contributed by atoms with E-state index in [0.717, 1.165) is 18.6 Å². The fraction of sp³-hybridized carbons (Fsp3) is 0.200. The van der Waals surface area contributed by atoms with Crippen molar-refractivity contribution in [3.8, 4) is 5.75 Å². The lowest BCUT2D eigenvalue weighted by molar-refractivity contribution is 0.415. The summed E-state index contributed by atoms with van der Waals surface area (Å²) in [6.45, 7) is 0. The van der Waals surface area contributed by atoms with E-state index in [-0.39, 0.29) is 6.04 Å². The van der Waals surface area contributed by atoms with Gasteiger partial charge in [0.15, 0.2) is 0 Å². The van der Waals surface area contributed by atoms with Crippen LogP contribution in [0.15, 0.2) is 66.7 Å². The van der Waals surface area contributed by atoms with Gasteiger partial charge in [-0.1, -0.05) is 54.6 Å². The fourth-order valence-electron chi connectivity index (χ4n) is 2.98. The lowest BCUT2D eigenvalue weighted by Crippen LogP contribution is -2.38. The molecule has 0 aliphatic rings. The second-order valence-corrected chi connectivity index (χ2v) is 5.76. The molecule has 0 aliphatic carbocycles. The number of ether oxygens (including phenoxy) is 1. The number of nitrogens with one attached hydrogen (secondary N) is 1. The maximum Gasteiger partial charge on any atom is 0.119 e. The number of hydrazine groups is 1. The van der Waals surface area contributed by atoms with Crippen molar-refractivity contribution in [1.82, 2.24) is 5.43 Å². The molecule has 3 rings (SSSR count). The van der Waals surface area contributed by atoms with Gasteiger partial charge in [0, 0.05) is 6.04 Å². The van der Waals surface area contributed by atoms with Gasteiger partial charge < -0.3 is 4.74 Å². The highest BCUT2D eigenvalue weighted by molar-refractivity contribution is 5.87. The molecule has 3 heteroatoms. The third-order valence-corrected chi connectivity index (χ3v) is 4.21. The van der Waals surface area contributed by atoms with Gasteiger partial charge in [-0.25, -0.2) is 0 Å². The minimum absolute atomic E-state index is 0.189. The van der Waals surface area contributed by atoms with Crippen LogP contribution in [0.1, 0.15) is 11.1 Å². The first-order valence-corrected chi connectivity index (χ1v) is 7.86. The van der Waals surface area contributed by atoms with Gasteiger partial charge in [0.25, 0.3) is 0 Å². The number of fused-ring (bicyclic) bond motifs is 1. The van der Waals surface area contributed by atoms with Crippen molar-refractivity contribution in [2.24, 2.45) is 5.84 Å². The van der Waals surface area contributed by atoms with Crippen LogP contribution in [-0.4, -0.2) is 13.2 Å². The molecule has 3 nitrogen and oxygen atoms in total. The van der Waals surface area contributed by atoms with Gasteiger partial charge in [0.1, 0.15) is 5.75 Å². The lowest BCUT2D eigenvalue weighted by atomic mass is 9.95. The zero-order valence-electron chi connectivity index (χ0n) is 13.3. The Morgan fingerprint density at radius 1 is 0.957 bits per heavy atom. The van der Waals surface area contributed by atoms with Gasteiger partial charge in [-0.05, 0) is 46.9 Å². The molecule has 0 aliphatic heterocycles. The second kappa shape index (κ2) is 7.27. The van der Waals surface area contributed by atoms with Gasteiger partial charge in [0.05, 0.1) is 7.11 Å². The summed E-state index contributed by atoms with van der Waals surface area (Å²) >= 11 is 0. The van der Waals surface area contributed by atoms with Crippen molar-refractivity contribution < 1.29 is 4.74 Å². The molecule has 0 spiro atoms. The number of benzene rings is 3. The highest BCUT2D eigenvalue weighted by atomic mass is 16.5. The first kappa shape index (κ1) is 15.5. The van der Waals surface area contributed by atoms with Crippen molar-refractivity contribution in [2.45, 2.75) is 18.9 Å². The van der Waals surface area contributed by atoms with Crippen molar-refractivity contribution in [2.75, 3.05) is 7.11 Å². The minimum Gasteiger partial charge on any atom is -0.497 e. The number of methoxy groups -OCH3 is 1. The summed E-state index contributed by atoms with van der Waals surface area (Å²) in [5.74, 6) is 6.67. The first-order valence-electron chi connectivity index (χ1n) is 7.86. The molecule has 0 amide bonds. The number of hydrogen-bond donors (Lipinski definition) is 2. The number of rotatable bonds is 6. The minimum atomic E-state index is 0.189. The molecule has 0 bridgehead atoms. The molecular formula is C20H22N2O. The molecule has 0 saturated carbocycles. The molecular weight excluding hydrogens is 284 g/mol. The van der Waals surface area contributed by atoms with Gasteiger partial charge in [-0.2, -0.15) is 0 Å². The van der Waals surface area contributed by atoms with Crippen LogP contribution in [-0.2, 0) is 12.8 Å². The van der Waals surface area contributed by atoms with Crippen LogP contribution in [0.3, 0.4) is 0 Å². The van der Waals surface area contributed by atoms with Gasteiger partial charge in [-0.15, -0.1) is 0 Å². The Balaban J connectivity index is 1.87. The molecule has 0 heterocycles. The Morgan fingerprint density at radius 2 is 1.78 bits per heavy atom. The number of nitrogens with two attached hydrogens (primary N) is 1. The van der Waals surface area contributed by atoms with Gasteiger partial charge in [-0.3, -0.25) is 11.3 Å². The van der Waals surface area contributed by atoms with E-state index in [1.165, 1.54) is 21.9 Å². The Morgan fingerprint density at radius 3 is 2.52 bits per heavy atom. The van der Waals surface area contributed by atoms with Crippen LogP contribution in [0, 0.1) is 0 Å². The molecule has 0 aromatic heterocycles. The third-order valence-electron chi connectivity index (χ3n) is 4.21. The van der Waals surface area contributed by atoms with E-state index in [2.05, 4.69) is 60.0 Å². The predicted octanol–water partition coefficient (Wildman–Crippen LogP) is 3.47. The second-order valence-electron chi connectivity index (χ2n) is 5.76. The van der Waals surface area contributed by atoms with E-state index in [0.29, 0.717) is 0 Å². The fourth-order valence-corrected chi connectivity index (χ4v) is 2.98. The molecule has 3 aromatic carbocycles. The van der Waals surface area contributed by atoms with E-state index in [1.807, 2.05) is 12.1 Å². The summed E-state index contributed by atoms with van der Waals surface area (Å²) in [6.07, 6.45) is 1.77. The Hall–Kier alpha value is -2.36. The van der Waals surface area contributed by atoms with Crippen molar-refractivity contribution in [1.29, 1.82) is 0 Å². The van der Waals surface area contributed by atoms with E-state index >= 15 is 0 Å². The summed E-state index contributed by atoms with van der Waals surface area (Å²) in [4.78, 5) is 0.